The molecule has 3 aromatic rings. The Hall–Kier alpha value is -2.49. The molecule has 3 rings (SSSR count). The second-order valence-corrected chi connectivity index (χ2v) is 3.95. The van der Waals surface area contributed by atoms with Crippen LogP contribution in [-0.2, 0) is 0 Å². The molecule has 88 valence electrons. The maximum atomic E-state index is 12.8. The third-order valence-corrected chi connectivity index (χ3v) is 2.74. The number of benzene rings is 1. The van der Waals surface area contributed by atoms with Crippen LogP contribution >= 0.6 is 0 Å². The quantitative estimate of drug-likeness (QED) is 0.710. The third kappa shape index (κ3) is 1.78. The standard InChI is InChI=1S/C14H9FN2O/c15-9-5-6-12(16-8-9)13-7-14(18)10-3-1-2-4-11(10)17-13/h1-8H,(H,17,18). The molecule has 0 saturated carbocycles. The van der Waals surface area contributed by atoms with Crippen molar-refractivity contribution in [2.45, 2.75) is 0 Å². The molecule has 0 saturated heterocycles. The van der Waals surface area contributed by atoms with Gasteiger partial charge in [-0.1, -0.05) is 12.1 Å². The summed E-state index contributed by atoms with van der Waals surface area (Å²) in [6.07, 6.45) is 1.13. The highest BCUT2D eigenvalue weighted by Crippen LogP contribution is 2.16. The van der Waals surface area contributed by atoms with E-state index in [1.807, 2.05) is 18.2 Å². The van der Waals surface area contributed by atoms with E-state index >= 15 is 0 Å². The molecule has 0 amide bonds. The van der Waals surface area contributed by atoms with Gasteiger partial charge >= 0.3 is 0 Å². The second kappa shape index (κ2) is 4.07. The van der Waals surface area contributed by atoms with Crippen LogP contribution in [0.1, 0.15) is 0 Å². The van der Waals surface area contributed by atoms with Gasteiger partial charge in [-0.2, -0.15) is 0 Å². The number of rotatable bonds is 1. The lowest BCUT2D eigenvalue weighted by Gasteiger charge is -2.03. The Kier molecular flexibility index (Phi) is 2.41. The summed E-state index contributed by atoms with van der Waals surface area (Å²) in [6.45, 7) is 0. The summed E-state index contributed by atoms with van der Waals surface area (Å²) in [4.78, 5) is 19.0. The molecular formula is C14H9FN2O. The van der Waals surface area contributed by atoms with Gasteiger partial charge in [-0.05, 0) is 24.3 Å². The maximum absolute atomic E-state index is 12.8. The predicted molar refractivity (Wildman–Crippen MR) is 67.8 cm³/mol. The lowest BCUT2D eigenvalue weighted by Crippen LogP contribution is -2.03. The van der Waals surface area contributed by atoms with E-state index in [0.29, 0.717) is 16.8 Å². The summed E-state index contributed by atoms with van der Waals surface area (Å²) >= 11 is 0. The Labute approximate surface area is 102 Å². The molecule has 0 bridgehead atoms. The van der Waals surface area contributed by atoms with Crippen molar-refractivity contribution in [2.75, 3.05) is 0 Å². The normalized spacial score (nSPS) is 10.7. The van der Waals surface area contributed by atoms with Crippen molar-refractivity contribution < 1.29 is 4.39 Å². The molecule has 0 aliphatic carbocycles. The van der Waals surface area contributed by atoms with Crippen LogP contribution < -0.4 is 5.43 Å². The number of aromatic amines is 1. The minimum Gasteiger partial charge on any atom is -0.353 e. The predicted octanol–water partition coefficient (Wildman–Crippen LogP) is 2.73. The van der Waals surface area contributed by atoms with Crippen LogP contribution in [0.3, 0.4) is 0 Å². The van der Waals surface area contributed by atoms with Crippen LogP contribution in [0.4, 0.5) is 4.39 Å². The maximum Gasteiger partial charge on any atom is 0.190 e. The smallest absolute Gasteiger partial charge is 0.190 e. The van der Waals surface area contributed by atoms with Crippen LogP contribution in [0.15, 0.2) is 53.5 Å². The Morgan fingerprint density at radius 2 is 1.94 bits per heavy atom. The Bertz CT molecular complexity index is 763. The number of para-hydroxylation sites is 1. The van der Waals surface area contributed by atoms with Gasteiger partial charge in [0, 0.05) is 17.0 Å². The summed E-state index contributed by atoms with van der Waals surface area (Å²) in [5, 5.41) is 0.628. The number of hydrogen-bond acceptors (Lipinski definition) is 2. The van der Waals surface area contributed by atoms with Gasteiger partial charge in [0.1, 0.15) is 5.82 Å². The molecule has 1 aromatic carbocycles. The monoisotopic (exact) mass is 240 g/mol. The van der Waals surface area contributed by atoms with Crippen molar-refractivity contribution >= 4 is 10.9 Å². The lowest BCUT2D eigenvalue weighted by molar-refractivity contribution is 0.622. The molecule has 0 aliphatic rings. The van der Waals surface area contributed by atoms with Crippen molar-refractivity contribution in [3.8, 4) is 11.4 Å². The number of hydrogen-bond donors (Lipinski definition) is 1. The van der Waals surface area contributed by atoms with E-state index in [1.54, 1.807) is 6.07 Å². The first-order valence-electron chi connectivity index (χ1n) is 5.48. The molecule has 18 heavy (non-hydrogen) atoms. The van der Waals surface area contributed by atoms with E-state index in [2.05, 4.69) is 9.97 Å². The number of nitrogens with zero attached hydrogens (tertiary/aromatic N) is 1. The highest BCUT2D eigenvalue weighted by Gasteiger charge is 2.04. The zero-order valence-electron chi connectivity index (χ0n) is 9.35. The Morgan fingerprint density at radius 3 is 2.72 bits per heavy atom. The Balaban J connectivity index is 2.24. The zero-order chi connectivity index (χ0) is 12.5. The van der Waals surface area contributed by atoms with Crippen molar-refractivity contribution in [2.24, 2.45) is 0 Å². The van der Waals surface area contributed by atoms with Gasteiger partial charge in [0.05, 0.1) is 17.6 Å². The van der Waals surface area contributed by atoms with Crippen molar-refractivity contribution in [1.82, 2.24) is 9.97 Å². The highest BCUT2D eigenvalue weighted by atomic mass is 19.1. The zero-order valence-corrected chi connectivity index (χ0v) is 9.35. The topological polar surface area (TPSA) is 45.8 Å². The first-order valence-corrected chi connectivity index (χ1v) is 5.48. The van der Waals surface area contributed by atoms with Crippen LogP contribution in [0.25, 0.3) is 22.3 Å². The Morgan fingerprint density at radius 1 is 1.11 bits per heavy atom. The van der Waals surface area contributed by atoms with E-state index < -0.39 is 5.82 Å². The van der Waals surface area contributed by atoms with Gasteiger partial charge in [-0.25, -0.2) is 4.39 Å². The summed E-state index contributed by atoms with van der Waals surface area (Å²) in [5.74, 6) is -0.401. The van der Waals surface area contributed by atoms with E-state index in [9.17, 15) is 9.18 Å². The second-order valence-electron chi connectivity index (χ2n) is 3.95. The molecule has 0 spiro atoms. The largest absolute Gasteiger partial charge is 0.353 e. The molecule has 0 aliphatic heterocycles. The van der Waals surface area contributed by atoms with Crippen LogP contribution in [-0.4, -0.2) is 9.97 Å². The molecule has 3 nitrogen and oxygen atoms in total. The van der Waals surface area contributed by atoms with Gasteiger partial charge < -0.3 is 4.98 Å². The SMILES string of the molecule is O=c1cc(-c2ccc(F)cn2)[nH]c2ccccc12. The van der Waals surface area contributed by atoms with E-state index in [0.717, 1.165) is 11.7 Å². The average molecular weight is 240 g/mol. The van der Waals surface area contributed by atoms with Gasteiger partial charge in [0.25, 0.3) is 0 Å². The van der Waals surface area contributed by atoms with E-state index in [-0.39, 0.29) is 5.43 Å². The summed E-state index contributed by atoms with van der Waals surface area (Å²) in [5.41, 5.74) is 1.79. The van der Waals surface area contributed by atoms with Crippen molar-refractivity contribution in [3.05, 3.63) is 64.7 Å². The fourth-order valence-corrected chi connectivity index (χ4v) is 1.87. The van der Waals surface area contributed by atoms with Crippen LogP contribution in [0.2, 0.25) is 0 Å². The number of aromatic nitrogens is 2. The average Bonchev–Trinajstić information content (AvgIpc) is 2.39. The molecule has 0 unspecified atom stereocenters. The van der Waals surface area contributed by atoms with Gasteiger partial charge in [-0.15, -0.1) is 0 Å². The fraction of sp³-hybridized carbons (Fsp3) is 0. The minimum atomic E-state index is -0.401. The fourth-order valence-electron chi connectivity index (χ4n) is 1.87. The molecule has 0 atom stereocenters. The van der Waals surface area contributed by atoms with Gasteiger partial charge in [0.15, 0.2) is 5.43 Å². The van der Waals surface area contributed by atoms with Gasteiger partial charge in [-0.3, -0.25) is 9.78 Å². The molecule has 0 radical (unpaired) electrons. The van der Waals surface area contributed by atoms with Crippen molar-refractivity contribution in [1.29, 1.82) is 0 Å². The van der Waals surface area contributed by atoms with Crippen LogP contribution in [0.5, 0.6) is 0 Å². The minimum absolute atomic E-state index is 0.0783. The number of nitrogens with one attached hydrogen (secondary N) is 1. The third-order valence-electron chi connectivity index (χ3n) is 2.74. The number of pyridine rings is 2. The van der Waals surface area contributed by atoms with Gasteiger partial charge in [0.2, 0.25) is 0 Å². The lowest BCUT2D eigenvalue weighted by atomic mass is 10.1. The van der Waals surface area contributed by atoms with Crippen LogP contribution in [0, 0.1) is 5.82 Å². The van der Waals surface area contributed by atoms with Crippen molar-refractivity contribution in [3.63, 3.8) is 0 Å². The van der Waals surface area contributed by atoms with E-state index in [4.69, 9.17) is 0 Å². The summed E-state index contributed by atoms with van der Waals surface area (Å²) in [7, 11) is 0. The first-order chi connectivity index (χ1) is 8.74. The molecule has 0 fully saturated rings. The summed E-state index contributed by atoms with van der Waals surface area (Å²) in [6, 6.07) is 11.6. The van der Waals surface area contributed by atoms with E-state index in [1.165, 1.54) is 18.2 Å². The number of fused-ring (bicyclic) bond motifs is 1. The number of halogens is 1. The molecule has 4 heteroatoms. The first kappa shape index (κ1) is 10.7. The molecule has 1 N–H and O–H groups in total. The molecule has 2 heterocycles. The molecular weight excluding hydrogens is 231 g/mol. The number of H-pyrrole nitrogens is 1. The molecule has 2 aromatic heterocycles. The summed E-state index contributed by atoms with van der Waals surface area (Å²) < 4.78 is 12.8. The highest BCUT2D eigenvalue weighted by molar-refractivity contribution is 5.80.